The van der Waals surface area contributed by atoms with Crippen LogP contribution in [-0.2, 0) is 0 Å². The van der Waals surface area contributed by atoms with E-state index in [1.165, 1.54) is 0 Å². The van der Waals surface area contributed by atoms with Gasteiger partial charge < -0.3 is 9.84 Å². The molecule has 0 spiro atoms. The molecule has 0 radical (unpaired) electrons. The molecule has 0 aliphatic heterocycles. The van der Waals surface area contributed by atoms with Crippen molar-refractivity contribution >= 4 is 10.8 Å². The van der Waals surface area contributed by atoms with Crippen molar-refractivity contribution in [1.82, 2.24) is 0 Å². The average Bonchev–Trinajstić information content (AvgIpc) is 2.37. The molecule has 2 rings (SSSR count). The molecule has 0 bridgehead atoms. The van der Waals surface area contributed by atoms with Crippen LogP contribution in [0.2, 0.25) is 0 Å². The van der Waals surface area contributed by atoms with Crippen molar-refractivity contribution in [2.45, 2.75) is 32.6 Å². The van der Waals surface area contributed by atoms with Gasteiger partial charge >= 0.3 is 0 Å². The van der Waals surface area contributed by atoms with Crippen LogP contribution in [0.3, 0.4) is 0 Å². The summed E-state index contributed by atoms with van der Waals surface area (Å²) in [5.74, 6) is 1.59. The number of hydrogen-bond acceptors (Lipinski definition) is 2. The van der Waals surface area contributed by atoms with Gasteiger partial charge in [0.05, 0.1) is 7.11 Å². The first-order valence-corrected chi connectivity index (χ1v) is 6.46. The number of phenolic OH excluding ortho intramolecular Hbond substituents is 1. The molecule has 0 aliphatic carbocycles. The maximum atomic E-state index is 10.1. The van der Waals surface area contributed by atoms with Crippen molar-refractivity contribution in [3.8, 4) is 11.5 Å². The minimum absolute atomic E-state index is 0.386. The molecule has 2 aromatic rings. The van der Waals surface area contributed by atoms with E-state index in [4.69, 9.17) is 4.74 Å². The van der Waals surface area contributed by atoms with E-state index in [0.717, 1.165) is 34.9 Å². The van der Waals surface area contributed by atoms with Crippen LogP contribution >= 0.6 is 0 Å². The Hall–Kier alpha value is -1.70. The van der Waals surface area contributed by atoms with E-state index in [9.17, 15) is 5.11 Å². The predicted octanol–water partition coefficient (Wildman–Crippen LogP) is 4.46. The summed E-state index contributed by atoms with van der Waals surface area (Å²) in [6.45, 7) is 4.33. The molecule has 0 fully saturated rings. The Bertz CT molecular complexity index is 546. The van der Waals surface area contributed by atoms with E-state index in [1.54, 1.807) is 7.11 Å². The number of rotatable bonds is 4. The maximum Gasteiger partial charge on any atom is 0.119 e. The number of phenols is 1. The fourth-order valence-electron chi connectivity index (χ4n) is 2.39. The van der Waals surface area contributed by atoms with Crippen LogP contribution in [0.5, 0.6) is 11.5 Å². The topological polar surface area (TPSA) is 29.5 Å². The normalized spacial score (nSPS) is 12.6. The predicted molar refractivity (Wildman–Crippen MR) is 75.5 cm³/mol. The largest absolute Gasteiger partial charge is 0.508 e. The van der Waals surface area contributed by atoms with Crippen LogP contribution in [0.25, 0.3) is 10.8 Å². The van der Waals surface area contributed by atoms with Crippen LogP contribution in [0, 0.1) is 0 Å². The number of methoxy groups -OCH3 is 1. The van der Waals surface area contributed by atoms with Crippen molar-refractivity contribution in [3.63, 3.8) is 0 Å². The highest BCUT2D eigenvalue weighted by Crippen LogP contribution is 2.34. The van der Waals surface area contributed by atoms with Gasteiger partial charge in [-0.1, -0.05) is 26.3 Å². The zero-order valence-corrected chi connectivity index (χ0v) is 11.2. The monoisotopic (exact) mass is 244 g/mol. The molecule has 0 heterocycles. The molecule has 1 unspecified atom stereocenters. The molecule has 0 aromatic heterocycles. The quantitative estimate of drug-likeness (QED) is 0.860. The van der Waals surface area contributed by atoms with Gasteiger partial charge in [0.15, 0.2) is 0 Å². The SMILES string of the molecule is CCCC(C)c1cc2ccc(OC)cc2cc1O. The number of fused-ring (bicyclic) bond motifs is 1. The fraction of sp³-hybridized carbons (Fsp3) is 0.375. The van der Waals surface area contributed by atoms with Crippen molar-refractivity contribution in [2.24, 2.45) is 0 Å². The van der Waals surface area contributed by atoms with Gasteiger partial charge in [-0.3, -0.25) is 0 Å². The van der Waals surface area contributed by atoms with Gasteiger partial charge in [0, 0.05) is 0 Å². The summed E-state index contributed by atoms with van der Waals surface area (Å²) in [5, 5.41) is 12.3. The Morgan fingerprint density at radius 1 is 1.17 bits per heavy atom. The lowest BCUT2D eigenvalue weighted by atomic mass is 9.93. The minimum atomic E-state index is 0.386. The van der Waals surface area contributed by atoms with E-state index < -0.39 is 0 Å². The van der Waals surface area contributed by atoms with E-state index in [1.807, 2.05) is 24.3 Å². The Kier molecular flexibility index (Phi) is 3.75. The van der Waals surface area contributed by atoms with Crippen molar-refractivity contribution < 1.29 is 9.84 Å². The van der Waals surface area contributed by atoms with Crippen molar-refractivity contribution in [2.75, 3.05) is 7.11 Å². The minimum Gasteiger partial charge on any atom is -0.508 e. The standard InChI is InChI=1S/C16H20O2/c1-4-5-11(2)15-9-12-6-7-14(18-3)8-13(12)10-16(15)17/h6-11,17H,4-5H2,1-3H3. The van der Waals surface area contributed by atoms with Crippen molar-refractivity contribution in [1.29, 1.82) is 0 Å². The summed E-state index contributed by atoms with van der Waals surface area (Å²) in [7, 11) is 1.65. The molecule has 0 saturated heterocycles. The zero-order valence-electron chi connectivity index (χ0n) is 11.2. The Balaban J connectivity index is 2.49. The number of aromatic hydroxyl groups is 1. The molecule has 0 aliphatic rings. The first-order chi connectivity index (χ1) is 8.65. The van der Waals surface area contributed by atoms with Gasteiger partial charge in [-0.2, -0.15) is 0 Å². The second-order valence-electron chi connectivity index (χ2n) is 4.81. The highest BCUT2D eigenvalue weighted by Gasteiger charge is 2.11. The fourth-order valence-corrected chi connectivity index (χ4v) is 2.39. The third-order valence-electron chi connectivity index (χ3n) is 3.45. The highest BCUT2D eigenvalue weighted by molar-refractivity contribution is 5.86. The van der Waals surface area contributed by atoms with Crippen molar-refractivity contribution in [3.05, 3.63) is 35.9 Å². The Morgan fingerprint density at radius 3 is 2.61 bits per heavy atom. The van der Waals surface area contributed by atoms with Gasteiger partial charge in [0.1, 0.15) is 11.5 Å². The van der Waals surface area contributed by atoms with E-state index in [2.05, 4.69) is 19.9 Å². The molecule has 1 N–H and O–H groups in total. The lowest BCUT2D eigenvalue weighted by molar-refractivity contribution is 0.415. The number of hydrogen-bond donors (Lipinski definition) is 1. The van der Waals surface area contributed by atoms with E-state index in [-0.39, 0.29) is 0 Å². The van der Waals surface area contributed by atoms with Gasteiger partial charge in [0.25, 0.3) is 0 Å². The molecule has 18 heavy (non-hydrogen) atoms. The molecule has 1 atom stereocenters. The van der Waals surface area contributed by atoms with E-state index >= 15 is 0 Å². The van der Waals surface area contributed by atoms with Gasteiger partial charge in [-0.05, 0) is 52.9 Å². The Labute approximate surface area is 108 Å². The highest BCUT2D eigenvalue weighted by atomic mass is 16.5. The summed E-state index contributed by atoms with van der Waals surface area (Å²) >= 11 is 0. The molecule has 2 nitrogen and oxygen atoms in total. The first kappa shape index (κ1) is 12.7. The molecule has 0 amide bonds. The van der Waals surface area contributed by atoms with Gasteiger partial charge in [-0.15, -0.1) is 0 Å². The van der Waals surface area contributed by atoms with Crippen LogP contribution < -0.4 is 4.74 Å². The lowest BCUT2D eigenvalue weighted by Crippen LogP contribution is -1.94. The average molecular weight is 244 g/mol. The molecule has 2 aromatic carbocycles. The van der Waals surface area contributed by atoms with Crippen LogP contribution in [0.15, 0.2) is 30.3 Å². The smallest absolute Gasteiger partial charge is 0.119 e. The molecule has 2 heteroatoms. The third-order valence-corrected chi connectivity index (χ3v) is 3.45. The van der Waals surface area contributed by atoms with Crippen LogP contribution in [0.1, 0.15) is 38.2 Å². The van der Waals surface area contributed by atoms with Gasteiger partial charge in [0.2, 0.25) is 0 Å². The Morgan fingerprint density at radius 2 is 1.94 bits per heavy atom. The summed E-state index contributed by atoms with van der Waals surface area (Å²) in [5.41, 5.74) is 1.04. The van der Waals surface area contributed by atoms with Gasteiger partial charge in [-0.25, -0.2) is 0 Å². The second kappa shape index (κ2) is 5.30. The van der Waals surface area contributed by atoms with Crippen LogP contribution in [-0.4, -0.2) is 12.2 Å². The molecular formula is C16H20O2. The zero-order chi connectivity index (χ0) is 13.1. The third kappa shape index (κ3) is 2.42. The second-order valence-corrected chi connectivity index (χ2v) is 4.81. The number of ether oxygens (including phenoxy) is 1. The van der Waals surface area contributed by atoms with E-state index in [0.29, 0.717) is 11.7 Å². The first-order valence-electron chi connectivity index (χ1n) is 6.46. The molecule has 0 saturated carbocycles. The summed E-state index contributed by atoms with van der Waals surface area (Å²) in [6.07, 6.45) is 2.22. The summed E-state index contributed by atoms with van der Waals surface area (Å²) in [6, 6.07) is 9.86. The summed E-state index contributed by atoms with van der Waals surface area (Å²) in [4.78, 5) is 0. The molecular weight excluding hydrogens is 224 g/mol. The lowest BCUT2D eigenvalue weighted by Gasteiger charge is -2.14. The molecule has 96 valence electrons. The van der Waals surface area contributed by atoms with Crippen LogP contribution in [0.4, 0.5) is 0 Å². The maximum absolute atomic E-state index is 10.1. The number of benzene rings is 2. The summed E-state index contributed by atoms with van der Waals surface area (Å²) < 4.78 is 5.20.